The van der Waals surface area contributed by atoms with Gasteiger partial charge in [0.05, 0.1) is 10.9 Å². The van der Waals surface area contributed by atoms with Crippen molar-refractivity contribution in [3.8, 4) is 0 Å². The average molecular weight is 487 g/mol. The number of carbonyl (C=O) groups excluding carboxylic acids is 3. The third-order valence-electron chi connectivity index (χ3n) is 6.19. The van der Waals surface area contributed by atoms with E-state index >= 15 is 0 Å². The van der Waals surface area contributed by atoms with Crippen LogP contribution in [0.3, 0.4) is 0 Å². The summed E-state index contributed by atoms with van der Waals surface area (Å²) >= 11 is 0. The summed E-state index contributed by atoms with van der Waals surface area (Å²) in [5.41, 5.74) is 1.35. The summed E-state index contributed by atoms with van der Waals surface area (Å²) < 4.78 is 32.9. The highest BCUT2D eigenvalue weighted by Crippen LogP contribution is 2.27. The number of ketones is 1. The number of rotatable bonds is 8. The first kappa shape index (κ1) is 25.6. The van der Waals surface area contributed by atoms with E-state index in [2.05, 4.69) is 0 Å². The zero-order valence-corrected chi connectivity index (χ0v) is 20.5. The SMILES string of the molecule is CC(=O)c1ccc(S(=O)(=O)N2CCCCC2C(=O)OCC(=O)N(C)C(C)c2ccccc2)cc1. The van der Waals surface area contributed by atoms with Gasteiger partial charge in [0.2, 0.25) is 10.0 Å². The molecule has 3 rings (SSSR count). The largest absolute Gasteiger partial charge is 0.454 e. The molecule has 0 aliphatic carbocycles. The molecule has 0 N–H and O–H groups in total. The fraction of sp³-hybridized carbons (Fsp3) is 0.400. The third-order valence-corrected chi connectivity index (χ3v) is 8.11. The van der Waals surface area contributed by atoms with Gasteiger partial charge in [-0.1, -0.05) is 42.5 Å². The van der Waals surface area contributed by atoms with E-state index < -0.39 is 28.6 Å². The highest BCUT2D eigenvalue weighted by atomic mass is 32.2. The van der Waals surface area contributed by atoms with Gasteiger partial charge >= 0.3 is 5.97 Å². The molecule has 182 valence electrons. The Balaban J connectivity index is 1.68. The summed E-state index contributed by atoms with van der Waals surface area (Å²) in [4.78, 5) is 38.5. The van der Waals surface area contributed by atoms with Crippen molar-refractivity contribution in [1.29, 1.82) is 0 Å². The number of sulfonamides is 1. The Morgan fingerprint density at radius 2 is 1.71 bits per heavy atom. The smallest absolute Gasteiger partial charge is 0.324 e. The maximum absolute atomic E-state index is 13.2. The van der Waals surface area contributed by atoms with Crippen molar-refractivity contribution in [2.75, 3.05) is 20.2 Å². The van der Waals surface area contributed by atoms with Gasteiger partial charge in [-0.2, -0.15) is 4.31 Å². The highest BCUT2D eigenvalue weighted by molar-refractivity contribution is 7.89. The molecule has 2 aromatic carbocycles. The summed E-state index contributed by atoms with van der Waals surface area (Å²) in [5, 5.41) is 0. The number of hydrogen-bond donors (Lipinski definition) is 0. The Kier molecular flexibility index (Phi) is 8.22. The lowest BCUT2D eigenvalue weighted by atomic mass is 10.1. The van der Waals surface area contributed by atoms with E-state index in [1.165, 1.54) is 36.1 Å². The minimum Gasteiger partial charge on any atom is -0.454 e. The molecule has 34 heavy (non-hydrogen) atoms. The predicted octanol–water partition coefficient (Wildman–Crippen LogP) is 3.20. The lowest BCUT2D eigenvalue weighted by Gasteiger charge is -2.33. The van der Waals surface area contributed by atoms with E-state index in [4.69, 9.17) is 4.74 Å². The average Bonchev–Trinajstić information content (AvgIpc) is 2.86. The molecule has 0 spiro atoms. The van der Waals surface area contributed by atoms with Crippen molar-refractivity contribution in [3.63, 3.8) is 0 Å². The molecule has 9 heteroatoms. The van der Waals surface area contributed by atoms with Crippen LogP contribution in [-0.4, -0.2) is 61.5 Å². The number of esters is 1. The van der Waals surface area contributed by atoms with Gasteiger partial charge in [-0.15, -0.1) is 0 Å². The van der Waals surface area contributed by atoms with Gasteiger partial charge in [-0.3, -0.25) is 14.4 Å². The lowest BCUT2D eigenvalue weighted by Crippen LogP contribution is -2.49. The molecule has 0 aromatic heterocycles. The Labute approximate surface area is 200 Å². The number of carbonyl (C=O) groups is 3. The van der Waals surface area contributed by atoms with Crippen LogP contribution in [0.4, 0.5) is 0 Å². The Morgan fingerprint density at radius 3 is 2.32 bits per heavy atom. The number of Topliss-reactive ketones (excluding diaryl/α,β-unsaturated/α-hetero) is 1. The van der Waals surface area contributed by atoms with Gasteiger partial charge < -0.3 is 9.64 Å². The standard InChI is InChI=1S/C25H30N2O6S/c1-18(20-9-5-4-6-10-20)26(3)24(29)17-33-25(30)23-11-7-8-16-27(23)34(31,32)22-14-12-21(13-15-22)19(2)28/h4-6,9-10,12-15,18,23H,7-8,11,16-17H2,1-3H3. The molecule has 1 saturated heterocycles. The van der Waals surface area contributed by atoms with Gasteiger partial charge in [0.15, 0.2) is 12.4 Å². The molecule has 2 aromatic rings. The topological polar surface area (TPSA) is 101 Å². The molecule has 2 atom stereocenters. The summed E-state index contributed by atoms with van der Waals surface area (Å²) in [6.45, 7) is 2.99. The monoisotopic (exact) mass is 486 g/mol. The van der Waals surface area contributed by atoms with Gasteiger partial charge in [-0.25, -0.2) is 8.42 Å². The molecular weight excluding hydrogens is 456 g/mol. The second kappa shape index (κ2) is 10.9. The van der Waals surface area contributed by atoms with Crippen LogP contribution in [-0.2, 0) is 24.3 Å². The fourth-order valence-electron chi connectivity index (χ4n) is 3.93. The van der Waals surface area contributed by atoms with Crippen LogP contribution in [0.2, 0.25) is 0 Å². The van der Waals surface area contributed by atoms with E-state index in [1.807, 2.05) is 37.3 Å². The van der Waals surface area contributed by atoms with E-state index in [9.17, 15) is 22.8 Å². The number of benzene rings is 2. The van der Waals surface area contributed by atoms with E-state index in [0.717, 1.165) is 9.87 Å². The number of amides is 1. The van der Waals surface area contributed by atoms with E-state index in [1.54, 1.807) is 7.05 Å². The number of nitrogens with zero attached hydrogens (tertiary/aromatic N) is 2. The molecule has 8 nitrogen and oxygen atoms in total. The normalized spacial score (nSPS) is 17.6. The minimum atomic E-state index is -3.98. The van der Waals surface area contributed by atoms with Crippen LogP contribution in [0.25, 0.3) is 0 Å². The quantitative estimate of drug-likeness (QED) is 0.420. The second-order valence-corrected chi connectivity index (χ2v) is 10.3. The summed E-state index contributed by atoms with van der Waals surface area (Å²) in [6, 6.07) is 13.9. The highest BCUT2D eigenvalue weighted by Gasteiger charge is 2.39. The molecule has 0 saturated carbocycles. The van der Waals surface area contributed by atoms with Crippen molar-refractivity contribution < 1.29 is 27.5 Å². The van der Waals surface area contributed by atoms with Gasteiger partial charge in [-0.05, 0) is 50.8 Å². The van der Waals surface area contributed by atoms with Crippen molar-refractivity contribution in [2.24, 2.45) is 0 Å². The summed E-state index contributed by atoms with van der Waals surface area (Å²) in [6.07, 6.45) is 1.60. The molecule has 0 radical (unpaired) electrons. The zero-order chi connectivity index (χ0) is 24.9. The number of likely N-dealkylation sites (N-methyl/N-ethyl adjacent to an activating group) is 1. The molecule has 2 unspecified atom stereocenters. The minimum absolute atomic E-state index is 0.00435. The number of ether oxygens (including phenoxy) is 1. The van der Waals surface area contributed by atoms with Crippen LogP contribution in [0.5, 0.6) is 0 Å². The molecular formula is C25H30N2O6S. The van der Waals surface area contributed by atoms with Gasteiger partial charge in [0.25, 0.3) is 5.91 Å². The number of hydrogen-bond acceptors (Lipinski definition) is 6. The summed E-state index contributed by atoms with van der Waals surface area (Å²) in [5.74, 6) is -1.29. The van der Waals surface area contributed by atoms with Crippen molar-refractivity contribution in [2.45, 2.75) is 50.1 Å². The molecule has 0 bridgehead atoms. The van der Waals surface area contributed by atoms with Crippen LogP contribution in [0.15, 0.2) is 59.5 Å². The maximum atomic E-state index is 13.2. The zero-order valence-electron chi connectivity index (χ0n) is 19.6. The van der Waals surface area contributed by atoms with Crippen LogP contribution in [0, 0.1) is 0 Å². The van der Waals surface area contributed by atoms with Gasteiger partial charge in [0, 0.05) is 19.2 Å². The molecule has 1 amide bonds. The Hall–Kier alpha value is -3.04. The van der Waals surface area contributed by atoms with Crippen LogP contribution < -0.4 is 0 Å². The first-order chi connectivity index (χ1) is 16.1. The molecule has 1 aliphatic rings. The second-order valence-electron chi connectivity index (χ2n) is 8.41. The first-order valence-corrected chi connectivity index (χ1v) is 12.7. The third kappa shape index (κ3) is 5.71. The van der Waals surface area contributed by atoms with E-state index in [0.29, 0.717) is 24.8 Å². The van der Waals surface area contributed by atoms with Gasteiger partial charge in [0.1, 0.15) is 6.04 Å². The van der Waals surface area contributed by atoms with Crippen molar-refractivity contribution in [3.05, 3.63) is 65.7 Å². The molecule has 1 aliphatic heterocycles. The Morgan fingerprint density at radius 1 is 1.06 bits per heavy atom. The Bertz CT molecular complexity index is 1130. The van der Waals surface area contributed by atoms with Crippen molar-refractivity contribution >= 4 is 27.7 Å². The maximum Gasteiger partial charge on any atom is 0.324 e. The lowest BCUT2D eigenvalue weighted by molar-refractivity contribution is -0.156. The summed E-state index contributed by atoms with van der Waals surface area (Å²) in [7, 11) is -2.34. The predicted molar refractivity (Wildman–Crippen MR) is 127 cm³/mol. The van der Waals surface area contributed by atoms with Crippen LogP contribution >= 0.6 is 0 Å². The van der Waals surface area contributed by atoms with Crippen LogP contribution in [0.1, 0.15) is 55.1 Å². The molecule has 1 fully saturated rings. The first-order valence-electron chi connectivity index (χ1n) is 11.2. The molecule has 1 heterocycles. The number of piperidine rings is 1. The van der Waals surface area contributed by atoms with Crippen molar-refractivity contribution in [1.82, 2.24) is 9.21 Å². The fourth-order valence-corrected chi connectivity index (χ4v) is 5.57. The van der Waals surface area contributed by atoms with E-state index in [-0.39, 0.29) is 29.2 Å².